The van der Waals surface area contributed by atoms with Gasteiger partial charge in [-0.1, -0.05) is 13.0 Å². The first kappa shape index (κ1) is 16.5. The lowest BCUT2D eigenvalue weighted by molar-refractivity contribution is 0.555. The Hall–Kier alpha value is -0.910. The van der Waals surface area contributed by atoms with E-state index in [4.69, 9.17) is 0 Å². The average Bonchev–Trinajstić information content (AvgIpc) is 3.23. The summed E-state index contributed by atoms with van der Waals surface area (Å²) in [5.41, 5.74) is 2.89. The van der Waals surface area contributed by atoms with Crippen LogP contribution in [0.3, 0.4) is 0 Å². The summed E-state index contributed by atoms with van der Waals surface area (Å²) in [5, 5.41) is 3.43. The van der Waals surface area contributed by atoms with Crippen LogP contribution in [0.4, 0.5) is 0 Å². The highest BCUT2D eigenvalue weighted by molar-refractivity contribution is 7.89. The molecule has 5 heteroatoms. The smallest absolute Gasteiger partial charge is 0.241 e. The molecule has 1 atom stereocenters. The molecular formula is C16H26N2O2S. The van der Waals surface area contributed by atoms with Gasteiger partial charge in [-0.05, 0) is 62.8 Å². The lowest BCUT2D eigenvalue weighted by Crippen LogP contribution is -2.32. The van der Waals surface area contributed by atoms with Crippen LogP contribution in [0, 0.1) is 13.8 Å². The predicted molar refractivity (Wildman–Crippen MR) is 85.9 cm³/mol. The van der Waals surface area contributed by atoms with Crippen molar-refractivity contribution in [3.8, 4) is 0 Å². The van der Waals surface area contributed by atoms with E-state index in [9.17, 15) is 8.42 Å². The van der Waals surface area contributed by atoms with Gasteiger partial charge in [-0.15, -0.1) is 0 Å². The molecule has 0 spiro atoms. The van der Waals surface area contributed by atoms with Crippen LogP contribution in [-0.4, -0.2) is 20.5 Å². The van der Waals surface area contributed by atoms with Crippen LogP contribution in [-0.2, 0) is 16.6 Å². The second kappa shape index (κ2) is 6.46. The molecule has 1 saturated carbocycles. The lowest BCUT2D eigenvalue weighted by atomic mass is 10.1. The van der Waals surface area contributed by atoms with E-state index in [1.807, 2.05) is 33.8 Å². The molecule has 2 N–H and O–H groups in total. The molecule has 1 fully saturated rings. The van der Waals surface area contributed by atoms with E-state index in [0.717, 1.165) is 29.7 Å². The maximum absolute atomic E-state index is 12.5. The van der Waals surface area contributed by atoms with E-state index >= 15 is 0 Å². The highest BCUT2D eigenvalue weighted by Crippen LogP contribution is 2.23. The van der Waals surface area contributed by atoms with E-state index in [-0.39, 0.29) is 6.04 Å². The molecule has 21 heavy (non-hydrogen) atoms. The van der Waals surface area contributed by atoms with Gasteiger partial charge in [0.15, 0.2) is 0 Å². The van der Waals surface area contributed by atoms with Gasteiger partial charge in [0.1, 0.15) is 0 Å². The maximum Gasteiger partial charge on any atom is 0.241 e. The number of aryl methyl sites for hydroxylation is 1. The summed E-state index contributed by atoms with van der Waals surface area (Å²) in [4.78, 5) is 0.412. The molecule has 0 saturated heterocycles. The van der Waals surface area contributed by atoms with Crippen molar-refractivity contribution in [2.24, 2.45) is 0 Å². The van der Waals surface area contributed by atoms with Crippen molar-refractivity contribution < 1.29 is 8.42 Å². The third-order valence-corrected chi connectivity index (χ3v) is 5.83. The summed E-state index contributed by atoms with van der Waals surface area (Å²) in [6.07, 6.45) is 3.23. The van der Waals surface area contributed by atoms with Crippen LogP contribution in [0.25, 0.3) is 0 Å². The normalized spacial score (nSPS) is 17.0. The van der Waals surface area contributed by atoms with Gasteiger partial charge in [-0.25, -0.2) is 13.1 Å². The SMILES string of the molecule is CCC(C)NS(=O)(=O)c1cc(CNC2CC2)cc(C)c1C. The van der Waals surface area contributed by atoms with Gasteiger partial charge in [0.25, 0.3) is 0 Å². The molecule has 1 aliphatic rings. The Morgan fingerprint density at radius 3 is 2.52 bits per heavy atom. The van der Waals surface area contributed by atoms with Gasteiger partial charge < -0.3 is 5.32 Å². The van der Waals surface area contributed by atoms with Gasteiger partial charge in [-0.3, -0.25) is 0 Å². The molecule has 0 radical (unpaired) electrons. The molecule has 1 aromatic rings. The summed E-state index contributed by atoms with van der Waals surface area (Å²) < 4.78 is 27.8. The molecule has 1 aromatic carbocycles. The first-order valence-electron chi connectivity index (χ1n) is 7.69. The molecule has 0 amide bonds. The third kappa shape index (κ3) is 4.28. The number of nitrogens with one attached hydrogen (secondary N) is 2. The zero-order valence-electron chi connectivity index (χ0n) is 13.4. The Kier molecular flexibility index (Phi) is 5.07. The van der Waals surface area contributed by atoms with Gasteiger partial charge in [0.05, 0.1) is 4.90 Å². The van der Waals surface area contributed by atoms with E-state index in [1.165, 1.54) is 12.8 Å². The Labute approximate surface area is 128 Å². The second-order valence-corrected chi connectivity index (χ2v) is 7.80. The molecule has 2 rings (SSSR count). The third-order valence-electron chi connectivity index (χ3n) is 4.11. The fourth-order valence-corrected chi connectivity index (χ4v) is 3.94. The molecule has 4 nitrogen and oxygen atoms in total. The number of benzene rings is 1. The lowest BCUT2D eigenvalue weighted by Gasteiger charge is -2.16. The molecule has 0 aromatic heterocycles. The summed E-state index contributed by atoms with van der Waals surface area (Å²) in [6, 6.07) is 4.45. The van der Waals surface area contributed by atoms with Crippen molar-refractivity contribution in [2.75, 3.05) is 0 Å². The first-order valence-corrected chi connectivity index (χ1v) is 9.17. The highest BCUT2D eigenvalue weighted by atomic mass is 32.2. The van der Waals surface area contributed by atoms with Crippen LogP contribution >= 0.6 is 0 Å². The summed E-state index contributed by atoms with van der Waals surface area (Å²) in [6.45, 7) is 8.44. The van der Waals surface area contributed by atoms with Crippen molar-refractivity contribution in [1.29, 1.82) is 0 Å². The minimum absolute atomic E-state index is 0.0528. The van der Waals surface area contributed by atoms with E-state index in [0.29, 0.717) is 10.9 Å². The number of sulfonamides is 1. The quantitative estimate of drug-likeness (QED) is 0.814. The van der Waals surface area contributed by atoms with Crippen molar-refractivity contribution in [3.05, 3.63) is 28.8 Å². The summed E-state index contributed by atoms with van der Waals surface area (Å²) in [7, 11) is -3.45. The zero-order valence-corrected chi connectivity index (χ0v) is 14.2. The van der Waals surface area contributed by atoms with Crippen LogP contribution in [0.5, 0.6) is 0 Å². The molecule has 0 aliphatic heterocycles. The van der Waals surface area contributed by atoms with E-state index in [1.54, 1.807) is 0 Å². The van der Waals surface area contributed by atoms with Gasteiger partial charge >= 0.3 is 0 Å². The average molecular weight is 310 g/mol. The van der Waals surface area contributed by atoms with Crippen molar-refractivity contribution in [1.82, 2.24) is 10.0 Å². The summed E-state index contributed by atoms with van der Waals surface area (Å²) in [5.74, 6) is 0. The Morgan fingerprint density at radius 2 is 1.95 bits per heavy atom. The van der Waals surface area contributed by atoms with E-state index < -0.39 is 10.0 Å². The highest BCUT2D eigenvalue weighted by Gasteiger charge is 2.22. The van der Waals surface area contributed by atoms with Crippen molar-refractivity contribution >= 4 is 10.0 Å². The Morgan fingerprint density at radius 1 is 1.29 bits per heavy atom. The number of hydrogen-bond acceptors (Lipinski definition) is 3. The van der Waals surface area contributed by atoms with Gasteiger partial charge in [0.2, 0.25) is 10.0 Å². The summed E-state index contributed by atoms with van der Waals surface area (Å²) >= 11 is 0. The molecule has 1 aliphatic carbocycles. The first-order chi connectivity index (χ1) is 9.83. The Bertz CT molecular complexity index is 607. The van der Waals surface area contributed by atoms with E-state index in [2.05, 4.69) is 16.1 Å². The molecular weight excluding hydrogens is 284 g/mol. The monoisotopic (exact) mass is 310 g/mol. The van der Waals surface area contributed by atoms with Crippen LogP contribution in [0.1, 0.15) is 49.8 Å². The molecule has 118 valence electrons. The minimum atomic E-state index is -3.45. The maximum atomic E-state index is 12.5. The van der Waals surface area contributed by atoms with Gasteiger partial charge in [-0.2, -0.15) is 0 Å². The molecule has 0 bridgehead atoms. The van der Waals surface area contributed by atoms with Crippen LogP contribution < -0.4 is 10.0 Å². The fourth-order valence-electron chi connectivity index (χ4n) is 2.24. The predicted octanol–water partition coefficient (Wildman–Crippen LogP) is 2.63. The largest absolute Gasteiger partial charge is 0.310 e. The van der Waals surface area contributed by atoms with Crippen molar-refractivity contribution in [3.63, 3.8) is 0 Å². The Balaban J connectivity index is 2.27. The molecule has 1 unspecified atom stereocenters. The fraction of sp³-hybridized carbons (Fsp3) is 0.625. The van der Waals surface area contributed by atoms with Crippen molar-refractivity contribution in [2.45, 2.75) is 70.5 Å². The van der Waals surface area contributed by atoms with Gasteiger partial charge in [0, 0.05) is 18.6 Å². The number of hydrogen-bond donors (Lipinski definition) is 2. The standard InChI is InChI=1S/C16H26N2O2S/c1-5-12(3)18-21(19,20)16-9-14(8-11(2)13(16)4)10-17-15-6-7-15/h8-9,12,15,17-18H,5-7,10H2,1-4H3. The minimum Gasteiger partial charge on any atom is -0.310 e. The number of rotatable bonds is 7. The zero-order chi connectivity index (χ0) is 15.6. The van der Waals surface area contributed by atoms with Crippen LogP contribution in [0.15, 0.2) is 17.0 Å². The molecule has 0 heterocycles. The second-order valence-electron chi connectivity index (χ2n) is 6.12. The van der Waals surface area contributed by atoms with Crippen LogP contribution in [0.2, 0.25) is 0 Å². The topological polar surface area (TPSA) is 58.2 Å².